The van der Waals surface area contributed by atoms with E-state index in [2.05, 4.69) is 5.32 Å². The number of benzene rings is 2. The molecule has 0 saturated carbocycles. The van der Waals surface area contributed by atoms with Crippen LogP contribution in [0.25, 0.3) is 6.08 Å². The average molecular weight is 426 g/mol. The van der Waals surface area contributed by atoms with Gasteiger partial charge in [0.1, 0.15) is 11.6 Å². The van der Waals surface area contributed by atoms with Gasteiger partial charge in [-0.3, -0.25) is 4.79 Å². The Morgan fingerprint density at radius 2 is 2.00 bits per heavy atom. The Morgan fingerprint density at radius 3 is 2.65 bits per heavy atom. The minimum atomic E-state index is -0.173. The van der Waals surface area contributed by atoms with E-state index >= 15 is 0 Å². The molecule has 0 atom stereocenters. The summed E-state index contributed by atoms with van der Waals surface area (Å²) in [5.74, 6) is 1.15. The number of ether oxygens (including phenoxy) is 2. The van der Waals surface area contributed by atoms with Crippen LogP contribution in [0.15, 0.2) is 41.3 Å². The maximum absolute atomic E-state index is 11.4. The van der Waals surface area contributed by atoms with Crippen molar-refractivity contribution in [2.45, 2.75) is 6.61 Å². The van der Waals surface area contributed by atoms with Crippen LogP contribution in [0, 0.1) is 0 Å². The molecule has 1 amide bonds. The van der Waals surface area contributed by atoms with Crippen molar-refractivity contribution in [2.75, 3.05) is 7.11 Å². The summed E-state index contributed by atoms with van der Waals surface area (Å²) >= 11 is 18.3. The van der Waals surface area contributed by atoms with Gasteiger partial charge in [0.25, 0.3) is 5.24 Å². The van der Waals surface area contributed by atoms with Crippen LogP contribution in [0.4, 0.5) is 4.79 Å². The molecule has 26 heavy (non-hydrogen) atoms. The van der Waals surface area contributed by atoms with Crippen LogP contribution < -0.4 is 14.8 Å². The number of methoxy groups -OCH3 is 1. The second kappa shape index (κ2) is 8.31. The van der Waals surface area contributed by atoms with Gasteiger partial charge in [0, 0.05) is 15.6 Å². The summed E-state index contributed by atoms with van der Waals surface area (Å²) in [6, 6.07) is 10.7. The molecule has 1 fully saturated rings. The summed E-state index contributed by atoms with van der Waals surface area (Å²) < 4.78 is 11.2. The molecule has 0 aliphatic carbocycles. The number of amides is 1. The number of thioether (sulfide) groups is 1. The number of nitrogens with one attached hydrogen (secondary N) is 1. The van der Waals surface area contributed by atoms with Crippen molar-refractivity contribution in [2.24, 2.45) is 0 Å². The Kier molecular flexibility index (Phi) is 6.09. The second-order valence-electron chi connectivity index (χ2n) is 5.29. The Morgan fingerprint density at radius 1 is 1.19 bits per heavy atom. The number of thiocarbonyl (C=S) groups is 1. The molecule has 3 rings (SSSR count). The highest BCUT2D eigenvalue weighted by Crippen LogP contribution is 2.33. The lowest BCUT2D eigenvalue weighted by Crippen LogP contribution is -2.15. The predicted molar refractivity (Wildman–Crippen MR) is 110 cm³/mol. The van der Waals surface area contributed by atoms with Crippen molar-refractivity contribution in [3.8, 4) is 11.5 Å². The normalized spacial score (nSPS) is 15.3. The SMILES string of the molecule is COc1cc(/C=C2\SC(=O)NC2=S)ccc1OCc1ccc(Cl)cc1Cl. The van der Waals surface area contributed by atoms with E-state index in [9.17, 15) is 4.79 Å². The Bertz CT molecular complexity index is 915. The zero-order chi connectivity index (χ0) is 18.7. The lowest BCUT2D eigenvalue weighted by atomic mass is 10.2. The molecule has 4 nitrogen and oxygen atoms in total. The van der Waals surface area contributed by atoms with Crippen molar-refractivity contribution in [1.82, 2.24) is 5.32 Å². The van der Waals surface area contributed by atoms with Crippen LogP contribution in [-0.2, 0) is 6.61 Å². The summed E-state index contributed by atoms with van der Waals surface area (Å²) in [6.45, 7) is 0.283. The maximum atomic E-state index is 11.4. The molecule has 134 valence electrons. The molecular weight excluding hydrogens is 413 g/mol. The van der Waals surface area contributed by atoms with Crippen LogP contribution in [0.1, 0.15) is 11.1 Å². The molecular formula is C18H13Cl2NO3S2. The minimum Gasteiger partial charge on any atom is -0.493 e. The van der Waals surface area contributed by atoms with Gasteiger partial charge >= 0.3 is 0 Å². The zero-order valence-electron chi connectivity index (χ0n) is 13.5. The topological polar surface area (TPSA) is 47.6 Å². The largest absolute Gasteiger partial charge is 0.493 e. The first-order chi connectivity index (χ1) is 12.5. The van der Waals surface area contributed by atoms with Gasteiger partial charge in [-0.15, -0.1) is 0 Å². The summed E-state index contributed by atoms with van der Waals surface area (Å²) in [6.07, 6.45) is 1.83. The van der Waals surface area contributed by atoms with Crippen molar-refractivity contribution >= 4 is 63.5 Å². The molecule has 0 spiro atoms. The van der Waals surface area contributed by atoms with Crippen LogP contribution in [0.3, 0.4) is 0 Å². The molecule has 1 aliphatic rings. The first-order valence-electron chi connectivity index (χ1n) is 7.46. The van der Waals surface area contributed by atoms with E-state index in [0.717, 1.165) is 22.9 Å². The van der Waals surface area contributed by atoms with Crippen molar-refractivity contribution in [3.05, 3.63) is 62.5 Å². The molecule has 1 saturated heterocycles. The molecule has 0 unspecified atom stereocenters. The quantitative estimate of drug-likeness (QED) is 0.491. The van der Waals surface area contributed by atoms with E-state index in [0.29, 0.717) is 31.4 Å². The molecule has 0 bridgehead atoms. The third-order valence-corrected chi connectivity index (χ3v) is 5.39. The second-order valence-corrected chi connectivity index (χ2v) is 7.55. The molecule has 8 heteroatoms. The van der Waals surface area contributed by atoms with Gasteiger partial charge < -0.3 is 14.8 Å². The molecule has 1 heterocycles. The fraction of sp³-hybridized carbons (Fsp3) is 0.111. The fourth-order valence-corrected chi connectivity index (χ4v) is 3.76. The minimum absolute atomic E-state index is 0.173. The highest BCUT2D eigenvalue weighted by Gasteiger charge is 2.21. The first-order valence-corrected chi connectivity index (χ1v) is 9.44. The number of rotatable bonds is 5. The third kappa shape index (κ3) is 4.51. The standard InChI is InChI=1S/C18H13Cl2NO3S2/c1-23-15-6-10(7-16-17(25)21-18(22)26-16)2-5-14(15)24-9-11-3-4-12(19)8-13(11)20/h2-8H,9H2,1H3,(H,21,22,25)/b16-7-. The van der Waals surface area contributed by atoms with Crippen LogP contribution in [-0.4, -0.2) is 17.3 Å². The van der Waals surface area contributed by atoms with Gasteiger partial charge in [-0.2, -0.15) is 0 Å². The van der Waals surface area contributed by atoms with Crippen LogP contribution in [0.5, 0.6) is 11.5 Å². The summed E-state index contributed by atoms with van der Waals surface area (Å²) in [4.78, 5) is 12.5. The lowest BCUT2D eigenvalue weighted by Gasteiger charge is -2.12. The fourth-order valence-electron chi connectivity index (χ4n) is 2.26. The number of carbonyl (C=O) groups is 1. The van der Waals surface area contributed by atoms with E-state index in [1.807, 2.05) is 24.3 Å². The van der Waals surface area contributed by atoms with E-state index in [1.54, 1.807) is 25.3 Å². The summed E-state index contributed by atoms with van der Waals surface area (Å²) in [7, 11) is 1.56. The van der Waals surface area contributed by atoms with E-state index in [4.69, 9.17) is 44.9 Å². The van der Waals surface area contributed by atoms with E-state index in [-0.39, 0.29) is 11.8 Å². The monoisotopic (exact) mass is 425 g/mol. The summed E-state index contributed by atoms with van der Waals surface area (Å²) in [5.41, 5.74) is 1.67. The van der Waals surface area contributed by atoms with E-state index in [1.165, 1.54) is 0 Å². The average Bonchev–Trinajstić information content (AvgIpc) is 2.92. The van der Waals surface area contributed by atoms with Gasteiger partial charge in [-0.1, -0.05) is 47.6 Å². The molecule has 0 radical (unpaired) electrons. The van der Waals surface area contributed by atoms with Crippen LogP contribution >= 0.6 is 47.2 Å². The Hall–Kier alpha value is -1.73. The molecule has 2 aromatic rings. The predicted octanol–water partition coefficient (Wildman–Crippen LogP) is 5.71. The molecule has 2 aromatic carbocycles. The van der Waals surface area contributed by atoms with Gasteiger partial charge in [-0.25, -0.2) is 0 Å². The highest BCUT2D eigenvalue weighted by molar-refractivity contribution is 8.19. The highest BCUT2D eigenvalue weighted by atomic mass is 35.5. The smallest absolute Gasteiger partial charge is 0.289 e. The van der Waals surface area contributed by atoms with Crippen molar-refractivity contribution < 1.29 is 14.3 Å². The molecule has 1 aliphatic heterocycles. The Balaban J connectivity index is 1.77. The number of hydrogen-bond acceptors (Lipinski definition) is 5. The van der Waals surface area contributed by atoms with Crippen LogP contribution in [0.2, 0.25) is 10.0 Å². The zero-order valence-corrected chi connectivity index (χ0v) is 16.7. The lowest BCUT2D eigenvalue weighted by molar-refractivity contribution is 0.265. The molecule has 0 aromatic heterocycles. The van der Waals surface area contributed by atoms with Gasteiger partial charge in [0.15, 0.2) is 11.5 Å². The summed E-state index contributed by atoms with van der Waals surface area (Å²) in [5, 5.41) is 3.53. The van der Waals surface area contributed by atoms with Gasteiger partial charge in [-0.05, 0) is 47.7 Å². The molecule has 1 N–H and O–H groups in total. The van der Waals surface area contributed by atoms with Gasteiger partial charge in [0.05, 0.1) is 12.0 Å². The number of halogens is 2. The van der Waals surface area contributed by atoms with Gasteiger partial charge in [0.2, 0.25) is 0 Å². The number of hydrogen-bond donors (Lipinski definition) is 1. The maximum Gasteiger partial charge on any atom is 0.289 e. The first kappa shape index (κ1) is 19.0. The van der Waals surface area contributed by atoms with Crippen molar-refractivity contribution in [1.29, 1.82) is 0 Å². The third-order valence-electron chi connectivity index (χ3n) is 3.53. The van der Waals surface area contributed by atoms with Crippen molar-refractivity contribution in [3.63, 3.8) is 0 Å². The number of carbonyl (C=O) groups excluding carboxylic acids is 1. The Labute approximate surface area is 170 Å². The van der Waals surface area contributed by atoms with E-state index < -0.39 is 0 Å².